The first kappa shape index (κ1) is 12.2. The molecule has 0 unspecified atom stereocenters. The number of hydrogen-bond donors (Lipinski definition) is 4. The molecule has 4 N–H and O–H groups in total. The zero-order valence-electron chi connectivity index (χ0n) is 10.4. The van der Waals surface area contributed by atoms with E-state index in [0.29, 0.717) is 5.69 Å². The number of amides is 1. The molecule has 1 amide bonds. The number of H-pyrrole nitrogens is 2. The number of anilines is 2. The van der Waals surface area contributed by atoms with E-state index in [-0.39, 0.29) is 5.69 Å². The van der Waals surface area contributed by atoms with Crippen LogP contribution in [0.2, 0.25) is 0 Å². The molecule has 0 atom stereocenters. The lowest BCUT2D eigenvalue weighted by Gasteiger charge is -2.07. The molecule has 0 saturated carbocycles. The molecule has 1 aliphatic heterocycles. The number of hydrogen-bond acceptors (Lipinski definition) is 4. The number of nitrogens with one attached hydrogen (secondary N) is 4. The minimum atomic E-state index is -0.708. The van der Waals surface area contributed by atoms with E-state index in [1.807, 2.05) is 17.1 Å². The van der Waals surface area contributed by atoms with Crippen LogP contribution in [0.1, 0.15) is 16.1 Å². The van der Waals surface area contributed by atoms with Crippen LogP contribution < -0.4 is 21.9 Å². The summed E-state index contributed by atoms with van der Waals surface area (Å²) in [7, 11) is 0. The van der Waals surface area contributed by atoms with Crippen LogP contribution in [0.5, 0.6) is 0 Å². The Morgan fingerprint density at radius 3 is 2.80 bits per heavy atom. The van der Waals surface area contributed by atoms with Crippen LogP contribution in [0.25, 0.3) is 0 Å². The minimum Gasteiger partial charge on any atom is -0.384 e. The van der Waals surface area contributed by atoms with E-state index < -0.39 is 17.2 Å². The highest BCUT2D eigenvalue weighted by Gasteiger charge is 2.12. The van der Waals surface area contributed by atoms with Crippen molar-refractivity contribution in [3.05, 3.63) is 56.4 Å². The second-order valence-corrected chi connectivity index (χ2v) is 4.50. The monoisotopic (exact) mass is 272 g/mol. The molecule has 102 valence electrons. The molecule has 1 aliphatic rings. The SMILES string of the molecule is O=C(Nc1ccc2c(c1)CCN2)c1cc(=O)[nH]c(=O)[nH]1. The molecule has 3 rings (SSSR count). The van der Waals surface area contributed by atoms with Crippen LogP contribution in [0.15, 0.2) is 33.9 Å². The van der Waals surface area contributed by atoms with E-state index >= 15 is 0 Å². The van der Waals surface area contributed by atoms with E-state index in [1.165, 1.54) is 0 Å². The summed E-state index contributed by atoms with van der Waals surface area (Å²) in [5.74, 6) is -0.529. The zero-order valence-corrected chi connectivity index (χ0v) is 10.4. The van der Waals surface area contributed by atoms with Crippen LogP contribution in [0.3, 0.4) is 0 Å². The Hall–Kier alpha value is -2.83. The van der Waals surface area contributed by atoms with Crippen molar-refractivity contribution in [2.45, 2.75) is 6.42 Å². The fourth-order valence-electron chi connectivity index (χ4n) is 2.17. The Morgan fingerprint density at radius 1 is 1.15 bits per heavy atom. The van der Waals surface area contributed by atoms with E-state index in [9.17, 15) is 14.4 Å². The van der Waals surface area contributed by atoms with Gasteiger partial charge < -0.3 is 15.6 Å². The maximum Gasteiger partial charge on any atom is 0.326 e. The van der Waals surface area contributed by atoms with Crippen LogP contribution in [-0.2, 0) is 6.42 Å². The van der Waals surface area contributed by atoms with Crippen molar-refractivity contribution < 1.29 is 4.79 Å². The van der Waals surface area contributed by atoms with Crippen LogP contribution >= 0.6 is 0 Å². The minimum absolute atomic E-state index is 0.0719. The van der Waals surface area contributed by atoms with Crippen molar-refractivity contribution >= 4 is 17.3 Å². The first-order chi connectivity index (χ1) is 9.61. The van der Waals surface area contributed by atoms with Gasteiger partial charge in [-0.2, -0.15) is 0 Å². The molecule has 0 spiro atoms. The predicted molar refractivity (Wildman–Crippen MR) is 74.3 cm³/mol. The molecule has 1 aromatic carbocycles. The number of fused-ring (bicyclic) bond motifs is 1. The van der Waals surface area contributed by atoms with Gasteiger partial charge in [-0.3, -0.25) is 14.6 Å². The summed E-state index contributed by atoms with van der Waals surface area (Å²) in [6.07, 6.45) is 0.904. The summed E-state index contributed by atoms with van der Waals surface area (Å²) in [4.78, 5) is 38.5. The molecular formula is C13H12N4O3. The normalized spacial score (nSPS) is 12.6. The highest BCUT2D eigenvalue weighted by molar-refractivity contribution is 6.02. The standard InChI is InChI=1S/C13H12N4O3/c18-11-6-10(16-13(20)17-11)12(19)15-8-1-2-9-7(5-8)3-4-14-9/h1-2,5-6,14H,3-4H2,(H,15,19)(H2,16,17,18,20). The van der Waals surface area contributed by atoms with Crippen LogP contribution in [-0.4, -0.2) is 22.4 Å². The summed E-state index contributed by atoms with van der Waals surface area (Å²) >= 11 is 0. The number of aromatic nitrogens is 2. The second-order valence-electron chi connectivity index (χ2n) is 4.50. The van der Waals surface area contributed by atoms with E-state index in [1.54, 1.807) is 6.07 Å². The van der Waals surface area contributed by atoms with Gasteiger partial charge in [0.1, 0.15) is 5.69 Å². The molecular weight excluding hydrogens is 260 g/mol. The number of carbonyl (C=O) groups excluding carboxylic acids is 1. The van der Waals surface area contributed by atoms with Crippen LogP contribution in [0, 0.1) is 0 Å². The third-order valence-corrected chi connectivity index (χ3v) is 3.08. The first-order valence-corrected chi connectivity index (χ1v) is 6.13. The van der Waals surface area contributed by atoms with Crippen molar-refractivity contribution in [2.24, 2.45) is 0 Å². The fraction of sp³-hybridized carbons (Fsp3) is 0.154. The van der Waals surface area contributed by atoms with Gasteiger partial charge in [-0.15, -0.1) is 0 Å². The molecule has 0 aliphatic carbocycles. The number of benzene rings is 1. The quantitative estimate of drug-likeness (QED) is 0.630. The Balaban J connectivity index is 1.85. The molecule has 1 aromatic heterocycles. The maximum absolute atomic E-state index is 12.0. The average molecular weight is 272 g/mol. The van der Waals surface area contributed by atoms with Crippen molar-refractivity contribution in [2.75, 3.05) is 17.2 Å². The van der Waals surface area contributed by atoms with Gasteiger partial charge in [0.05, 0.1) is 0 Å². The van der Waals surface area contributed by atoms with E-state index in [4.69, 9.17) is 0 Å². The predicted octanol–water partition coefficient (Wildman–Crippen LogP) is 0.283. The smallest absolute Gasteiger partial charge is 0.326 e. The van der Waals surface area contributed by atoms with Gasteiger partial charge in [-0.05, 0) is 30.2 Å². The van der Waals surface area contributed by atoms with Crippen LogP contribution in [0.4, 0.5) is 11.4 Å². The second kappa shape index (κ2) is 4.69. The van der Waals surface area contributed by atoms with Crippen molar-refractivity contribution in [1.29, 1.82) is 0 Å². The lowest BCUT2D eigenvalue weighted by Crippen LogP contribution is -2.27. The van der Waals surface area contributed by atoms with Crippen molar-refractivity contribution in [3.63, 3.8) is 0 Å². The van der Waals surface area contributed by atoms with E-state index in [2.05, 4.69) is 15.6 Å². The molecule has 7 nitrogen and oxygen atoms in total. The van der Waals surface area contributed by atoms with Gasteiger partial charge in [0, 0.05) is 24.0 Å². The van der Waals surface area contributed by atoms with Gasteiger partial charge >= 0.3 is 5.69 Å². The molecule has 0 bridgehead atoms. The molecule has 0 radical (unpaired) electrons. The Kier molecular flexibility index (Phi) is 2.86. The molecule has 7 heteroatoms. The highest BCUT2D eigenvalue weighted by atomic mass is 16.2. The fourth-order valence-corrected chi connectivity index (χ4v) is 2.17. The topological polar surface area (TPSA) is 107 Å². The van der Waals surface area contributed by atoms with Gasteiger partial charge in [0.2, 0.25) is 0 Å². The molecule has 0 saturated heterocycles. The average Bonchev–Trinajstić information content (AvgIpc) is 2.85. The molecule has 0 fully saturated rings. The summed E-state index contributed by atoms with van der Waals surface area (Å²) in [5, 5.41) is 5.87. The van der Waals surface area contributed by atoms with Crippen molar-refractivity contribution in [3.8, 4) is 0 Å². The van der Waals surface area contributed by atoms with Gasteiger partial charge in [-0.1, -0.05) is 0 Å². The largest absolute Gasteiger partial charge is 0.384 e. The highest BCUT2D eigenvalue weighted by Crippen LogP contribution is 2.25. The third kappa shape index (κ3) is 2.33. The summed E-state index contributed by atoms with van der Waals surface area (Å²) < 4.78 is 0. The zero-order chi connectivity index (χ0) is 14.1. The lowest BCUT2D eigenvalue weighted by molar-refractivity contribution is 0.102. The van der Waals surface area contributed by atoms with E-state index in [0.717, 1.165) is 30.3 Å². The summed E-state index contributed by atoms with van der Waals surface area (Å²) in [6.45, 7) is 0.883. The molecule has 2 aromatic rings. The Morgan fingerprint density at radius 2 is 2.00 bits per heavy atom. The Labute approximate surface area is 113 Å². The molecule has 20 heavy (non-hydrogen) atoms. The number of carbonyl (C=O) groups is 1. The summed E-state index contributed by atoms with van der Waals surface area (Å²) in [5.41, 5.74) is 1.42. The van der Waals surface area contributed by atoms with Crippen molar-refractivity contribution in [1.82, 2.24) is 9.97 Å². The third-order valence-electron chi connectivity index (χ3n) is 3.08. The molecule has 2 heterocycles. The lowest BCUT2D eigenvalue weighted by atomic mass is 10.1. The van der Waals surface area contributed by atoms with Gasteiger partial charge in [0.15, 0.2) is 0 Å². The summed E-state index contributed by atoms with van der Waals surface area (Å²) in [6, 6.07) is 6.57. The van der Waals surface area contributed by atoms with Gasteiger partial charge in [0.25, 0.3) is 11.5 Å². The van der Waals surface area contributed by atoms with Gasteiger partial charge in [-0.25, -0.2) is 4.79 Å². The number of aromatic amines is 2. The maximum atomic E-state index is 12.0. The first-order valence-electron chi connectivity index (χ1n) is 6.13. The Bertz CT molecular complexity index is 762. The number of rotatable bonds is 2.